The van der Waals surface area contributed by atoms with Gasteiger partial charge in [0.15, 0.2) is 0 Å². The molecule has 0 nitrogen and oxygen atoms in total. The molecule has 0 aromatic carbocycles. The monoisotopic (exact) mass is 144 g/mol. The van der Waals surface area contributed by atoms with Crippen LogP contribution >= 0.6 is 0 Å². The second-order valence-electron chi connectivity index (χ2n) is 3.15. The average Bonchev–Trinajstić information content (AvgIpc) is 2.34. The van der Waals surface area contributed by atoms with Crippen LogP contribution in [0.15, 0.2) is 20.5 Å². The van der Waals surface area contributed by atoms with Crippen LogP contribution in [0.5, 0.6) is 0 Å². The molecule has 0 amide bonds. The van der Waals surface area contributed by atoms with Crippen LogP contribution in [0.2, 0.25) is 0 Å². The molecule has 0 radical (unpaired) electrons. The van der Waals surface area contributed by atoms with E-state index in [1.54, 1.807) is 8.40 Å². The van der Waals surface area contributed by atoms with Gasteiger partial charge < -0.3 is 0 Å². The van der Waals surface area contributed by atoms with Gasteiger partial charge in [-0.3, -0.25) is 0 Å². The van der Waals surface area contributed by atoms with E-state index in [2.05, 4.69) is 26.0 Å². The molecule has 0 N–H and O–H groups in total. The quantitative estimate of drug-likeness (QED) is 0.522. The van der Waals surface area contributed by atoms with Crippen molar-refractivity contribution in [3.05, 3.63) is 20.5 Å². The molecule has 0 aromatic rings. The molecule has 1 aliphatic carbocycles. The Balaban J connectivity index is 2.70. The maximum atomic E-state index is 2.32. The normalized spacial score (nSPS) is 20.4. The first-order valence-electron chi connectivity index (χ1n) is 4.12. The van der Waals surface area contributed by atoms with Crippen LogP contribution in [0.4, 0.5) is 0 Å². The van der Waals surface area contributed by atoms with Crippen molar-refractivity contribution in [3.63, 3.8) is 0 Å². The zero-order chi connectivity index (χ0) is 7.56. The first-order valence-corrected chi connectivity index (χ1v) is 5.12. The van der Waals surface area contributed by atoms with Gasteiger partial charge in [-0.15, -0.1) is 0 Å². The zero-order valence-electron chi connectivity index (χ0n) is 7.15. The second-order valence-corrected chi connectivity index (χ2v) is 4.36. The molecule has 1 rings (SSSR count). The number of allylic oxidation sites excluding steroid dienone is 4. The third kappa shape index (κ3) is 1.75. The molecule has 1 aliphatic rings. The van der Waals surface area contributed by atoms with E-state index in [9.17, 15) is 0 Å². The molecule has 0 saturated carbocycles. The molecule has 1 unspecified atom stereocenters. The first-order chi connectivity index (χ1) is 4.75. The third-order valence-electron chi connectivity index (χ3n) is 2.36. The average molecular weight is 144 g/mol. The molecule has 0 spiro atoms. The summed E-state index contributed by atoms with van der Waals surface area (Å²) in [7, 11) is 0. The van der Waals surface area contributed by atoms with Gasteiger partial charge >= 0.3 is 81.1 Å². The van der Waals surface area contributed by atoms with Gasteiger partial charge in [-0.25, -0.2) is 0 Å². The summed E-state index contributed by atoms with van der Waals surface area (Å²) >= 11 is 1.26. The Morgan fingerprint density at radius 3 is 2.80 bits per heavy atom. The maximum absolute atomic E-state index is 2.32. The summed E-state index contributed by atoms with van der Waals surface area (Å²) in [6, 6.07) is 0. The van der Waals surface area contributed by atoms with Gasteiger partial charge in [0.2, 0.25) is 0 Å². The van der Waals surface area contributed by atoms with Crippen molar-refractivity contribution < 1.29 is 0 Å². The molecule has 50 valence electrons. The zero-order valence-corrected chi connectivity index (χ0v) is 9.15. The van der Waals surface area contributed by atoms with E-state index in [0.717, 1.165) is 5.92 Å². The fourth-order valence-corrected chi connectivity index (χ4v) is 2.32. The Bertz CT molecular complexity index is 177. The van der Waals surface area contributed by atoms with Crippen molar-refractivity contribution >= 4 is 27.9 Å². The van der Waals surface area contributed by atoms with Crippen LogP contribution in [-0.4, -0.2) is 27.9 Å². The van der Waals surface area contributed by atoms with Crippen LogP contribution in [-0.2, 0) is 0 Å². The molecule has 0 fully saturated rings. The Labute approximate surface area is 80.8 Å². The minimum atomic E-state index is 0.797. The van der Waals surface area contributed by atoms with Crippen molar-refractivity contribution in [2.75, 3.05) is 0 Å². The summed E-state index contributed by atoms with van der Waals surface area (Å²) in [6.07, 6.45) is 7.14. The van der Waals surface area contributed by atoms with Gasteiger partial charge in [-0.1, -0.05) is 0 Å². The Hall–Kier alpha value is 0.480. The molecular weight excluding hydrogens is 131 g/mol. The fourth-order valence-electron chi connectivity index (χ4n) is 1.43. The van der Waals surface area contributed by atoms with E-state index in [1.807, 2.05) is 0 Å². The Morgan fingerprint density at radius 2 is 2.40 bits per heavy atom. The van der Waals surface area contributed by atoms with Crippen LogP contribution in [0.1, 0.15) is 26.7 Å². The third-order valence-corrected chi connectivity index (χ3v) is 3.34. The van der Waals surface area contributed by atoms with Gasteiger partial charge in [0, 0.05) is 0 Å². The van der Waals surface area contributed by atoms with E-state index < -0.39 is 0 Å². The van der Waals surface area contributed by atoms with Crippen molar-refractivity contribution in [2.45, 2.75) is 26.7 Å². The molecule has 0 aromatic heterocycles. The number of hydrogen-bond donors (Lipinski definition) is 0. The Kier molecular flexibility index (Phi) is 3.22. The van der Waals surface area contributed by atoms with E-state index in [4.69, 9.17) is 0 Å². The molecular formula is C9H13Na. The van der Waals surface area contributed by atoms with Crippen LogP contribution in [0.3, 0.4) is 0 Å². The summed E-state index contributed by atoms with van der Waals surface area (Å²) < 4.78 is 1.70. The SMILES string of the molecule is CCC(C)C1=[C]([Na])CC=C1. The van der Waals surface area contributed by atoms with Crippen molar-refractivity contribution in [1.82, 2.24) is 0 Å². The van der Waals surface area contributed by atoms with Crippen molar-refractivity contribution in [2.24, 2.45) is 5.92 Å². The standard InChI is InChI=1S/C9H13.Na/c1-3-8(2)9-6-4-5-7-9;/h4,6,8H,3,5H2,1-2H3;. The van der Waals surface area contributed by atoms with Gasteiger partial charge in [-0.05, 0) is 0 Å². The number of hydrogen-bond acceptors (Lipinski definition) is 0. The molecule has 10 heavy (non-hydrogen) atoms. The van der Waals surface area contributed by atoms with E-state index in [-0.39, 0.29) is 0 Å². The number of rotatable bonds is 2. The summed E-state index contributed by atoms with van der Waals surface area (Å²) in [6.45, 7) is 4.58. The topological polar surface area (TPSA) is 0 Å². The van der Waals surface area contributed by atoms with Crippen LogP contribution in [0, 0.1) is 5.92 Å². The van der Waals surface area contributed by atoms with Crippen LogP contribution < -0.4 is 0 Å². The summed E-state index contributed by atoms with van der Waals surface area (Å²) in [4.78, 5) is 0. The summed E-state index contributed by atoms with van der Waals surface area (Å²) in [5.41, 5.74) is 1.63. The first kappa shape index (κ1) is 8.58. The van der Waals surface area contributed by atoms with Gasteiger partial charge in [0.25, 0.3) is 0 Å². The molecule has 0 heterocycles. The van der Waals surface area contributed by atoms with Gasteiger partial charge in [-0.2, -0.15) is 0 Å². The fraction of sp³-hybridized carbons (Fsp3) is 0.556. The van der Waals surface area contributed by atoms with E-state index in [1.165, 1.54) is 40.8 Å². The molecule has 1 atom stereocenters. The van der Waals surface area contributed by atoms with Crippen molar-refractivity contribution in [3.8, 4) is 0 Å². The molecule has 0 aliphatic heterocycles. The van der Waals surface area contributed by atoms with Gasteiger partial charge in [0.1, 0.15) is 0 Å². The van der Waals surface area contributed by atoms with E-state index >= 15 is 0 Å². The second kappa shape index (κ2) is 3.75. The van der Waals surface area contributed by atoms with E-state index in [0.29, 0.717) is 0 Å². The predicted molar refractivity (Wildman–Crippen MR) is 46.0 cm³/mol. The minimum absolute atomic E-state index is 0.797. The van der Waals surface area contributed by atoms with Gasteiger partial charge in [0.05, 0.1) is 0 Å². The van der Waals surface area contributed by atoms with Crippen LogP contribution in [0.25, 0.3) is 0 Å². The molecule has 1 heteroatoms. The Morgan fingerprint density at radius 1 is 1.70 bits per heavy atom. The van der Waals surface area contributed by atoms with Crippen molar-refractivity contribution in [1.29, 1.82) is 0 Å². The summed E-state index contributed by atoms with van der Waals surface area (Å²) in [5, 5.41) is 0. The summed E-state index contributed by atoms with van der Waals surface area (Å²) in [5.74, 6) is 0.797. The molecule has 0 bridgehead atoms. The predicted octanol–water partition coefficient (Wildman–Crippen LogP) is 2.42. The molecule has 0 saturated heterocycles.